The lowest BCUT2D eigenvalue weighted by Gasteiger charge is -2.21. The zero-order valence-electron chi connectivity index (χ0n) is 27.0. The molecule has 0 spiro atoms. The highest BCUT2D eigenvalue weighted by atomic mass is 14.3. The summed E-state index contributed by atoms with van der Waals surface area (Å²) in [7, 11) is 0. The minimum Gasteiger partial charge on any atom is -0.0616 e. The smallest absolute Gasteiger partial charge is 0.000741 e. The van der Waals surface area contributed by atoms with Crippen molar-refractivity contribution in [3.8, 4) is 55.6 Å². The fraction of sp³-hybridized carbons (Fsp3) is 0.0417. The van der Waals surface area contributed by atoms with Crippen LogP contribution in [0.4, 0.5) is 0 Å². The Morgan fingerprint density at radius 3 is 1.40 bits per heavy atom. The van der Waals surface area contributed by atoms with Crippen molar-refractivity contribution in [2.75, 3.05) is 0 Å². The van der Waals surface area contributed by atoms with E-state index in [0.29, 0.717) is 0 Å². The van der Waals surface area contributed by atoms with Gasteiger partial charge in [-0.05, 0) is 136 Å². The molecule has 9 aromatic rings. The third kappa shape index (κ3) is 3.90. The summed E-state index contributed by atoms with van der Waals surface area (Å²) in [5, 5.41) is 10.3. The summed E-state index contributed by atoms with van der Waals surface area (Å²) in [6.45, 7) is 4.41. The molecule has 48 heavy (non-hydrogen) atoms. The molecule has 1 aliphatic carbocycles. The van der Waals surface area contributed by atoms with E-state index in [4.69, 9.17) is 0 Å². The van der Waals surface area contributed by atoms with E-state index in [1.165, 1.54) is 110 Å². The Balaban J connectivity index is 1.37. The van der Waals surface area contributed by atoms with Gasteiger partial charge in [-0.2, -0.15) is 0 Å². The standard InChI is InChI=1S/C48H32/c1-29-18-19-35(26-30(29)2)38-24-25-43-46-39(38)16-9-17-42(46)47-44(36-22-20-31-10-3-5-12-33(31)27-36)40-14-7-8-15-41(40)45(48(43)47)37-23-21-32-11-4-6-13-34(32)28-37/h3-28H,1-2H3. The van der Waals surface area contributed by atoms with Crippen LogP contribution in [-0.2, 0) is 0 Å². The van der Waals surface area contributed by atoms with Gasteiger partial charge in [-0.15, -0.1) is 0 Å². The SMILES string of the molecule is Cc1ccc(-c2ccc3c4c(cccc24)-c2c-3c(-c3ccc4ccccc4c3)c3ccccc3c2-c2ccc3ccccc3c2)cc1C. The Bertz CT molecular complexity index is 2660. The molecule has 0 N–H and O–H groups in total. The van der Waals surface area contributed by atoms with Gasteiger partial charge in [0.15, 0.2) is 0 Å². The number of aryl methyl sites for hydroxylation is 2. The third-order valence-corrected chi connectivity index (χ3v) is 10.7. The maximum Gasteiger partial charge on any atom is -0.000741 e. The molecule has 0 nitrogen and oxygen atoms in total. The van der Waals surface area contributed by atoms with Crippen molar-refractivity contribution in [1.29, 1.82) is 0 Å². The van der Waals surface area contributed by atoms with Crippen LogP contribution in [0.3, 0.4) is 0 Å². The number of rotatable bonds is 3. The van der Waals surface area contributed by atoms with Gasteiger partial charge < -0.3 is 0 Å². The molecule has 0 aliphatic heterocycles. The average molecular weight is 609 g/mol. The first kappa shape index (κ1) is 27.2. The number of hydrogen-bond acceptors (Lipinski definition) is 0. The summed E-state index contributed by atoms with van der Waals surface area (Å²) in [5.41, 5.74) is 15.7. The Hall–Kier alpha value is -5.98. The van der Waals surface area contributed by atoms with Gasteiger partial charge in [0.05, 0.1) is 0 Å². The summed E-state index contributed by atoms with van der Waals surface area (Å²) in [6, 6.07) is 59.0. The molecule has 0 heterocycles. The fourth-order valence-corrected chi connectivity index (χ4v) is 8.25. The molecule has 10 rings (SSSR count). The average Bonchev–Trinajstić information content (AvgIpc) is 3.46. The normalized spacial score (nSPS) is 12.0. The molecule has 0 heteroatoms. The second-order valence-electron chi connectivity index (χ2n) is 13.4. The minimum atomic E-state index is 1.26. The quantitative estimate of drug-likeness (QED) is 0.187. The molecular weight excluding hydrogens is 577 g/mol. The Kier molecular flexibility index (Phi) is 5.81. The topological polar surface area (TPSA) is 0 Å². The lowest BCUT2D eigenvalue weighted by molar-refractivity contribution is 1.34. The molecular formula is C48H32. The zero-order valence-corrected chi connectivity index (χ0v) is 27.0. The van der Waals surface area contributed by atoms with Gasteiger partial charge in [0.25, 0.3) is 0 Å². The molecule has 0 atom stereocenters. The van der Waals surface area contributed by atoms with Crippen LogP contribution in [0.15, 0.2) is 158 Å². The summed E-state index contributed by atoms with van der Waals surface area (Å²) < 4.78 is 0. The first-order valence-electron chi connectivity index (χ1n) is 16.9. The van der Waals surface area contributed by atoms with Crippen molar-refractivity contribution < 1.29 is 0 Å². The van der Waals surface area contributed by atoms with Crippen molar-refractivity contribution in [1.82, 2.24) is 0 Å². The van der Waals surface area contributed by atoms with Gasteiger partial charge >= 0.3 is 0 Å². The highest BCUT2D eigenvalue weighted by molar-refractivity contribution is 6.29. The molecule has 0 bridgehead atoms. The summed E-state index contributed by atoms with van der Waals surface area (Å²) in [4.78, 5) is 0. The van der Waals surface area contributed by atoms with E-state index in [0.717, 1.165) is 0 Å². The third-order valence-electron chi connectivity index (χ3n) is 10.7. The van der Waals surface area contributed by atoms with Crippen LogP contribution in [0.2, 0.25) is 0 Å². The Labute approximate surface area is 280 Å². The lowest BCUT2D eigenvalue weighted by Crippen LogP contribution is -1.94. The Morgan fingerprint density at radius 1 is 0.292 bits per heavy atom. The maximum absolute atomic E-state index is 2.39. The van der Waals surface area contributed by atoms with Crippen LogP contribution in [0.1, 0.15) is 11.1 Å². The molecule has 9 aromatic carbocycles. The van der Waals surface area contributed by atoms with E-state index >= 15 is 0 Å². The molecule has 1 aliphatic rings. The van der Waals surface area contributed by atoms with Crippen LogP contribution in [0.5, 0.6) is 0 Å². The molecule has 0 saturated heterocycles. The fourth-order valence-electron chi connectivity index (χ4n) is 8.25. The predicted molar refractivity (Wildman–Crippen MR) is 207 cm³/mol. The van der Waals surface area contributed by atoms with E-state index in [1.807, 2.05) is 0 Å². The molecule has 0 radical (unpaired) electrons. The highest BCUT2D eigenvalue weighted by Gasteiger charge is 2.31. The van der Waals surface area contributed by atoms with Crippen LogP contribution >= 0.6 is 0 Å². The zero-order chi connectivity index (χ0) is 31.9. The molecule has 0 unspecified atom stereocenters. The summed E-state index contributed by atoms with van der Waals surface area (Å²) in [5.74, 6) is 0. The number of fused-ring (bicyclic) bond motifs is 6. The van der Waals surface area contributed by atoms with Crippen LogP contribution in [0, 0.1) is 13.8 Å². The van der Waals surface area contributed by atoms with Gasteiger partial charge in [-0.3, -0.25) is 0 Å². The van der Waals surface area contributed by atoms with E-state index < -0.39 is 0 Å². The van der Waals surface area contributed by atoms with Gasteiger partial charge in [-0.1, -0.05) is 146 Å². The summed E-state index contributed by atoms with van der Waals surface area (Å²) in [6.07, 6.45) is 0. The first-order chi connectivity index (χ1) is 23.6. The second-order valence-corrected chi connectivity index (χ2v) is 13.4. The summed E-state index contributed by atoms with van der Waals surface area (Å²) >= 11 is 0. The van der Waals surface area contributed by atoms with Crippen LogP contribution in [0.25, 0.3) is 98.7 Å². The van der Waals surface area contributed by atoms with Crippen molar-refractivity contribution in [2.24, 2.45) is 0 Å². The molecule has 0 amide bonds. The van der Waals surface area contributed by atoms with Gasteiger partial charge in [0.2, 0.25) is 0 Å². The van der Waals surface area contributed by atoms with E-state index in [1.54, 1.807) is 0 Å². The van der Waals surface area contributed by atoms with Crippen molar-refractivity contribution in [3.05, 3.63) is 169 Å². The van der Waals surface area contributed by atoms with Crippen LogP contribution < -0.4 is 0 Å². The molecule has 0 saturated carbocycles. The number of hydrogen-bond donors (Lipinski definition) is 0. The molecule has 0 aromatic heterocycles. The van der Waals surface area contributed by atoms with Crippen molar-refractivity contribution >= 4 is 43.1 Å². The van der Waals surface area contributed by atoms with E-state index in [-0.39, 0.29) is 0 Å². The largest absolute Gasteiger partial charge is 0.0616 e. The Morgan fingerprint density at radius 2 is 0.792 bits per heavy atom. The number of benzene rings is 9. The minimum absolute atomic E-state index is 1.26. The van der Waals surface area contributed by atoms with Crippen LogP contribution in [-0.4, -0.2) is 0 Å². The van der Waals surface area contributed by atoms with Crippen molar-refractivity contribution in [3.63, 3.8) is 0 Å². The lowest BCUT2D eigenvalue weighted by atomic mass is 9.82. The van der Waals surface area contributed by atoms with E-state index in [9.17, 15) is 0 Å². The predicted octanol–water partition coefficient (Wildman–Crippen LogP) is 13.6. The van der Waals surface area contributed by atoms with Crippen molar-refractivity contribution in [2.45, 2.75) is 13.8 Å². The highest BCUT2D eigenvalue weighted by Crippen LogP contribution is 2.58. The van der Waals surface area contributed by atoms with Gasteiger partial charge in [-0.25, -0.2) is 0 Å². The monoisotopic (exact) mass is 608 g/mol. The molecule has 224 valence electrons. The van der Waals surface area contributed by atoms with E-state index in [2.05, 4.69) is 172 Å². The van der Waals surface area contributed by atoms with Gasteiger partial charge in [0.1, 0.15) is 0 Å². The maximum atomic E-state index is 2.39. The first-order valence-corrected chi connectivity index (χ1v) is 16.9. The second kappa shape index (κ2) is 10.3. The van der Waals surface area contributed by atoms with Gasteiger partial charge in [0, 0.05) is 0 Å². The molecule has 0 fully saturated rings.